The van der Waals surface area contributed by atoms with Crippen LogP contribution in [-0.4, -0.2) is 18.4 Å². The molecule has 11 heteroatoms. The van der Waals surface area contributed by atoms with E-state index in [2.05, 4.69) is 20.0 Å². The van der Waals surface area contributed by atoms with Gasteiger partial charge >= 0.3 is 6.18 Å². The molecule has 5 aromatic rings. The summed E-state index contributed by atoms with van der Waals surface area (Å²) in [4.78, 5) is 7.43. The summed E-state index contributed by atoms with van der Waals surface area (Å²) in [5, 5.41) is 3.68. The molecular formula is C26H19F3N4O2S2. The molecule has 5 rings (SSSR count). The summed E-state index contributed by atoms with van der Waals surface area (Å²) in [6.45, 7) is 1.84. The Balaban J connectivity index is 1.41. The lowest BCUT2D eigenvalue weighted by molar-refractivity contribution is -0.141. The van der Waals surface area contributed by atoms with Crippen molar-refractivity contribution in [1.29, 1.82) is 0 Å². The summed E-state index contributed by atoms with van der Waals surface area (Å²) in [7, 11) is -3.80. The molecule has 0 saturated carbocycles. The molecular weight excluding hydrogens is 521 g/mol. The van der Waals surface area contributed by atoms with Gasteiger partial charge in [0.25, 0.3) is 10.0 Å². The first-order chi connectivity index (χ1) is 17.6. The third kappa shape index (κ3) is 5.57. The first kappa shape index (κ1) is 24.7. The van der Waals surface area contributed by atoms with Crippen molar-refractivity contribution in [3.05, 3.63) is 96.3 Å². The maximum absolute atomic E-state index is 13.0. The molecule has 188 valence electrons. The van der Waals surface area contributed by atoms with Gasteiger partial charge in [-0.3, -0.25) is 4.72 Å². The van der Waals surface area contributed by atoms with Crippen molar-refractivity contribution in [2.24, 2.45) is 0 Å². The van der Waals surface area contributed by atoms with Crippen LogP contribution < -0.4 is 10.0 Å². The van der Waals surface area contributed by atoms with E-state index >= 15 is 0 Å². The number of rotatable bonds is 6. The largest absolute Gasteiger partial charge is 0.433 e. The minimum atomic E-state index is -4.58. The number of sulfonamides is 1. The molecule has 2 aromatic heterocycles. The second kappa shape index (κ2) is 9.49. The van der Waals surface area contributed by atoms with Crippen molar-refractivity contribution in [3.8, 4) is 11.1 Å². The number of nitrogens with one attached hydrogen (secondary N) is 2. The number of hydrogen-bond donors (Lipinski definition) is 2. The van der Waals surface area contributed by atoms with Gasteiger partial charge in [0.2, 0.25) is 5.95 Å². The Hall–Kier alpha value is -3.96. The van der Waals surface area contributed by atoms with E-state index in [-0.39, 0.29) is 10.2 Å². The number of thiophene rings is 1. The number of hydrogen-bond acceptors (Lipinski definition) is 6. The van der Waals surface area contributed by atoms with E-state index in [1.165, 1.54) is 11.3 Å². The normalized spacial score (nSPS) is 12.0. The van der Waals surface area contributed by atoms with Crippen LogP contribution in [-0.2, 0) is 16.2 Å². The number of halogens is 3. The molecule has 37 heavy (non-hydrogen) atoms. The number of alkyl halides is 3. The molecule has 0 bridgehead atoms. The first-order valence-electron chi connectivity index (χ1n) is 11.0. The summed E-state index contributed by atoms with van der Waals surface area (Å²) in [5.41, 5.74) is 2.11. The quantitative estimate of drug-likeness (QED) is 0.237. The Bertz CT molecular complexity index is 1680. The second-order valence-corrected chi connectivity index (χ2v) is 11.3. The molecule has 0 amide bonds. The molecule has 2 heterocycles. The summed E-state index contributed by atoms with van der Waals surface area (Å²) >= 11 is 1.19. The van der Waals surface area contributed by atoms with Gasteiger partial charge in [-0.05, 0) is 71.5 Å². The van der Waals surface area contributed by atoms with Crippen LogP contribution in [0.15, 0.2) is 89.3 Å². The van der Waals surface area contributed by atoms with Gasteiger partial charge < -0.3 is 5.32 Å². The average molecular weight is 541 g/mol. The molecule has 0 aliphatic rings. The lowest BCUT2D eigenvalue weighted by Crippen LogP contribution is -2.11. The minimum absolute atomic E-state index is 0.184. The van der Waals surface area contributed by atoms with Crippen molar-refractivity contribution in [2.45, 2.75) is 17.3 Å². The Kier molecular flexibility index (Phi) is 6.34. The predicted octanol–water partition coefficient (Wildman–Crippen LogP) is 7.23. The number of fused-ring (bicyclic) bond motifs is 1. The molecule has 0 spiro atoms. The van der Waals surface area contributed by atoms with Gasteiger partial charge in [0.1, 0.15) is 9.90 Å². The zero-order chi connectivity index (χ0) is 26.2. The number of nitrogens with zero attached hydrogens (tertiary/aromatic N) is 2. The average Bonchev–Trinajstić information content (AvgIpc) is 3.29. The fraction of sp³-hybridized carbons (Fsp3) is 0.0769. The van der Waals surface area contributed by atoms with E-state index in [4.69, 9.17) is 0 Å². The maximum Gasteiger partial charge on any atom is 0.433 e. The van der Waals surface area contributed by atoms with Crippen molar-refractivity contribution >= 4 is 48.8 Å². The van der Waals surface area contributed by atoms with Crippen molar-refractivity contribution in [1.82, 2.24) is 9.97 Å². The lowest BCUT2D eigenvalue weighted by atomic mass is 10.0. The van der Waals surface area contributed by atoms with Crippen LogP contribution >= 0.6 is 11.3 Å². The molecule has 2 N–H and O–H groups in total. The summed E-state index contributed by atoms with van der Waals surface area (Å²) in [6.07, 6.45) is -3.54. The van der Waals surface area contributed by atoms with Crippen LogP contribution in [0.25, 0.3) is 21.2 Å². The summed E-state index contributed by atoms with van der Waals surface area (Å²) in [5.74, 6) is -0.184. The number of benzene rings is 3. The molecule has 0 radical (unpaired) electrons. The lowest BCUT2D eigenvalue weighted by Gasteiger charge is -2.12. The summed E-state index contributed by atoms with van der Waals surface area (Å²) < 4.78 is 68.8. The molecule has 0 aliphatic carbocycles. The fourth-order valence-corrected chi connectivity index (χ4v) is 6.23. The highest BCUT2D eigenvalue weighted by Crippen LogP contribution is 2.32. The molecule has 0 saturated heterocycles. The van der Waals surface area contributed by atoms with Gasteiger partial charge in [0, 0.05) is 22.3 Å². The molecule has 0 fully saturated rings. The van der Waals surface area contributed by atoms with E-state index in [9.17, 15) is 21.6 Å². The van der Waals surface area contributed by atoms with Crippen LogP contribution in [0.4, 0.5) is 30.5 Å². The fourth-order valence-electron chi connectivity index (χ4n) is 3.79. The topological polar surface area (TPSA) is 84.0 Å². The van der Waals surface area contributed by atoms with Gasteiger partial charge in [-0.15, -0.1) is 11.3 Å². The molecule has 3 aromatic carbocycles. The third-order valence-electron chi connectivity index (χ3n) is 5.40. The zero-order valence-corrected chi connectivity index (χ0v) is 20.9. The van der Waals surface area contributed by atoms with Gasteiger partial charge in [0.15, 0.2) is 0 Å². The first-order valence-corrected chi connectivity index (χ1v) is 13.3. The molecule has 0 unspecified atom stereocenters. The number of anilines is 3. The summed E-state index contributed by atoms with van der Waals surface area (Å²) in [6, 6.07) is 22.1. The Morgan fingerprint density at radius 3 is 2.43 bits per heavy atom. The Morgan fingerprint density at radius 2 is 1.65 bits per heavy atom. The highest BCUT2D eigenvalue weighted by Gasteiger charge is 2.32. The zero-order valence-electron chi connectivity index (χ0n) is 19.2. The Labute approximate surface area is 214 Å². The van der Waals surface area contributed by atoms with Crippen LogP contribution in [0.5, 0.6) is 0 Å². The SMILES string of the molecule is Cc1cc(Nc2nccc(C(F)(F)F)n2)cc(-c2cccc(NS(=O)(=O)c3cc4ccccc4s3)c2)c1. The van der Waals surface area contributed by atoms with Crippen molar-refractivity contribution in [2.75, 3.05) is 10.0 Å². The van der Waals surface area contributed by atoms with E-state index in [1.807, 2.05) is 43.3 Å². The van der Waals surface area contributed by atoms with Gasteiger partial charge in [-0.1, -0.05) is 36.4 Å². The number of aryl methyl sites for hydroxylation is 1. The van der Waals surface area contributed by atoms with Crippen LogP contribution in [0.1, 0.15) is 11.3 Å². The highest BCUT2D eigenvalue weighted by atomic mass is 32.2. The molecule has 0 aliphatic heterocycles. The van der Waals surface area contributed by atoms with E-state index in [1.54, 1.807) is 36.4 Å². The number of aromatic nitrogens is 2. The Morgan fingerprint density at radius 1 is 0.865 bits per heavy atom. The van der Waals surface area contributed by atoms with E-state index in [0.717, 1.165) is 33.5 Å². The van der Waals surface area contributed by atoms with Gasteiger partial charge in [-0.2, -0.15) is 13.2 Å². The van der Waals surface area contributed by atoms with Crippen molar-refractivity contribution < 1.29 is 21.6 Å². The highest BCUT2D eigenvalue weighted by molar-refractivity contribution is 7.94. The van der Waals surface area contributed by atoms with E-state index < -0.39 is 21.9 Å². The van der Waals surface area contributed by atoms with Crippen molar-refractivity contribution in [3.63, 3.8) is 0 Å². The third-order valence-corrected chi connectivity index (χ3v) is 8.37. The minimum Gasteiger partial charge on any atom is -0.324 e. The van der Waals surface area contributed by atoms with Gasteiger partial charge in [0.05, 0.1) is 0 Å². The second-order valence-electron chi connectivity index (χ2n) is 8.27. The predicted molar refractivity (Wildman–Crippen MR) is 140 cm³/mol. The van der Waals surface area contributed by atoms with Crippen LogP contribution in [0.3, 0.4) is 0 Å². The monoisotopic (exact) mass is 540 g/mol. The smallest absolute Gasteiger partial charge is 0.324 e. The molecule has 0 atom stereocenters. The molecule has 6 nitrogen and oxygen atoms in total. The van der Waals surface area contributed by atoms with E-state index in [0.29, 0.717) is 16.9 Å². The van der Waals surface area contributed by atoms with Crippen LogP contribution in [0.2, 0.25) is 0 Å². The van der Waals surface area contributed by atoms with Crippen LogP contribution in [0, 0.1) is 6.92 Å². The van der Waals surface area contributed by atoms with Gasteiger partial charge in [-0.25, -0.2) is 18.4 Å². The maximum atomic E-state index is 13.0. The standard InChI is InChI=1S/C26H19F3N4O2S2/c1-16-11-19(14-21(12-16)31-25-30-10-9-23(32-25)26(27,28)29)17-6-4-7-20(13-17)33-37(34,35)24-15-18-5-2-3-8-22(18)36-24/h2-15,33H,1H3,(H,30,31,32).